The molecule has 0 radical (unpaired) electrons. The molecular weight excluding hydrogens is 799 g/mol. The van der Waals surface area contributed by atoms with Crippen LogP contribution in [-0.4, -0.2) is 80.6 Å². The van der Waals surface area contributed by atoms with Gasteiger partial charge in [0.1, 0.15) is 6.61 Å². The molecule has 1 N–H and O–H groups in total. The SMILES string of the molecule is CCCCCCCC/C=C\CCCCCCCCCC(=O)OCC(COCCC(C(=O)O)[N+](C)(C)C)OC(=O)CCCCCCCCCCCCC/C=C\CCCCCCCCCC. The molecular formula is C56H106NO7+. The fourth-order valence-corrected chi connectivity index (χ4v) is 8.32. The van der Waals surface area contributed by atoms with E-state index in [9.17, 15) is 19.5 Å². The lowest BCUT2D eigenvalue weighted by Crippen LogP contribution is -2.50. The van der Waals surface area contributed by atoms with E-state index in [1.54, 1.807) is 0 Å². The predicted octanol–water partition coefficient (Wildman–Crippen LogP) is 16.0. The van der Waals surface area contributed by atoms with Crippen LogP contribution in [0.5, 0.6) is 0 Å². The summed E-state index contributed by atoms with van der Waals surface area (Å²) in [5.74, 6) is -1.46. The van der Waals surface area contributed by atoms with E-state index in [4.69, 9.17) is 14.2 Å². The van der Waals surface area contributed by atoms with E-state index in [1.165, 1.54) is 193 Å². The Labute approximate surface area is 396 Å². The second kappa shape index (κ2) is 47.3. The molecule has 0 aromatic carbocycles. The average Bonchev–Trinajstić information content (AvgIpc) is 3.26. The number of allylic oxidation sites excluding steroid dienone is 4. The average molecular weight is 905 g/mol. The first-order chi connectivity index (χ1) is 31.1. The van der Waals surface area contributed by atoms with Gasteiger partial charge in [0.2, 0.25) is 0 Å². The number of hydrogen-bond donors (Lipinski definition) is 1. The van der Waals surface area contributed by atoms with Gasteiger partial charge in [-0.05, 0) is 64.2 Å². The van der Waals surface area contributed by atoms with Gasteiger partial charge in [-0.15, -0.1) is 0 Å². The van der Waals surface area contributed by atoms with Crippen molar-refractivity contribution in [3.05, 3.63) is 24.3 Å². The van der Waals surface area contributed by atoms with Gasteiger partial charge in [-0.1, -0.05) is 205 Å². The lowest BCUT2D eigenvalue weighted by atomic mass is 10.0. The van der Waals surface area contributed by atoms with Gasteiger partial charge in [0.25, 0.3) is 0 Å². The summed E-state index contributed by atoms with van der Waals surface area (Å²) in [5.41, 5.74) is 0. The van der Waals surface area contributed by atoms with Gasteiger partial charge in [-0.25, -0.2) is 4.79 Å². The van der Waals surface area contributed by atoms with Crippen molar-refractivity contribution in [2.75, 3.05) is 41.0 Å². The highest BCUT2D eigenvalue weighted by molar-refractivity contribution is 5.72. The van der Waals surface area contributed by atoms with Crippen molar-refractivity contribution in [3.8, 4) is 0 Å². The van der Waals surface area contributed by atoms with E-state index in [2.05, 4.69) is 38.2 Å². The molecule has 0 spiro atoms. The molecule has 0 heterocycles. The number of carbonyl (C=O) groups is 3. The number of likely N-dealkylation sites (N-methyl/N-ethyl adjacent to an activating group) is 1. The van der Waals surface area contributed by atoms with Gasteiger partial charge in [-0.2, -0.15) is 0 Å². The quantitative estimate of drug-likeness (QED) is 0.0281. The van der Waals surface area contributed by atoms with E-state index < -0.39 is 18.1 Å². The molecule has 0 aliphatic carbocycles. The number of carboxylic acids is 1. The number of carbonyl (C=O) groups excluding carboxylic acids is 2. The molecule has 0 aromatic heterocycles. The third kappa shape index (κ3) is 45.0. The van der Waals surface area contributed by atoms with Gasteiger partial charge < -0.3 is 23.8 Å². The van der Waals surface area contributed by atoms with Crippen LogP contribution >= 0.6 is 0 Å². The van der Waals surface area contributed by atoms with E-state index in [-0.39, 0.29) is 36.2 Å². The Kier molecular flexibility index (Phi) is 45.7. The van der Waals surface area contributed by atoms with Gasteiger partial charge in [0.15, 0.2) is 12.1 Å². The van der Waals surface area contributed by atoms with Crippen molar-refractivity contribution >= 4 is 17.9 Å². The van der Waals surface area contributed by atoms with Crippen LogP contribution in [0, 0.1) is 0 Å². The molecule has 8 nitrogen and oxygen atoms in total. The van der Waals surface area contributed by atoms with Crippen molar-refractivity contribution in [2.24, 2.45) is 0 Å². The van der Waals surface area contributed by atoms with Crippen LogP contribution < -0.4 is 0 Å². The summed E-state index contributed by atoms with van der Waals surface area (Å²) in [7, 11) is 5.55. The van der Waals surface area contributed by atoms with Gasteiger partial charge >= 0.3 is 17.9 Å². The van der Waals surface area contributed by atoms with Gasteiger partial charge in [0.05, 0.1) is 34.4 Å². The first-order valence-electron chi connectivity index (χ1n) is 27.4. The molecule has 2 atom stereocenters. The standard InChI is InChI=1S/C56H105NO7/c1-6-8-10-12-14-16-18-20-22-24-25-26-27-28-29-31-33-35-37-39-41-43-45-47-55(59)64-52(50-62-49-48-53(56(60)61)57(3,4)5)51-63-54(58)46-44-42-40-38-36-34-32-30-23-21-19-17-15-13-11-9-7-2/h21,23-25,52-53H,6-20,22,26-51H2,1-5H3/p+1/b23-21-,25-24-. The van der Waals surface area contributed by atoms with Crippen molar-refractivity contribution in [1.82, 2.24) is 0 Å². The van der Waals surface area contributed by atoms with Crippen LogP contribution in [0.25, 0.3) is 0 Å². The molecule has 0 saturated heterocycles. The van der Waals surface area contributed by atoms with E-state index in [0.717, 1.165) is 38.5 Å². The summed E-state index contributed by atoms with van der Waals surface area (Å²) in [6.07, 6.45) is 55.2. The molecule has 0 saturated carbocycles. The van der Waals surface area contributed by atoms with Crippen LogP contribution in [-0.2, 0) is 28.6 Å². The van der Waals surface area contributed by atoms with Crippen molar-refractivity contribution < 1.29 is 38.2 Å². The maximum atomic E-state index is 12.8. The van der Waals surface area contributed by atoms with Crippen LogP contribution in [0.3, 0.4) is 0 Å². The highest BCUT2D eigenvalue weighted by Gasteiger charge is 2.31. The predicted molar refractivity (Wildman–Crippen MR) is 271 cm³/mol. The zero-order chi connectivity index (χ0) is 47.0. The first kappa shape index (κ1) is 61.8. The maximum absolute atomic E-state index is 12.8. The Hall–Kier alpha value is -2.19. The topological polar surface area (TPSA) is 99.1 Å². The monoisotopic (exact) mass is 905 g/mol. The van der Waals surface area contributed by atoms with Crippen molar-refractivity contribution in [1.29, 1.82) is 0 Å². The fourth-order valence-electron chi connectivity index (χ4n) is 8.32. The molecule has 0 aliphatic heterocycles. The molecule has 0 aliphatic rings. The maximum Gasteiger partial charge on any atom is 0.362 e. The number of carboxylic acid groups (broad SMARTS) is 1. The Morgan fingerprint density at radius 1 is 0.453 bits per heavy atom. The Morgan fingerprint density at radius 3 is 1.12 bits per heavy atom. The number of nitrogens with zero attached hydrogens (tertiary/aromatic N) is 1. The molecule has 0 fully saturated rings. The molecule has 0 aromatic rings. The summed E-state index contributed by atoms with van der Waals surface area (Å²) in [5, 5.41) is 9.66. The fraction of sp³-hybridized carbons (Fsp3) is 0.875. The van der Waals surface area contributed by atoms with Crippen LogP contribution in [0.1, 0.15) is 264 Å². The van der Waals surface area contributed by atoms with Crippen LogP contribution in [0.4, 0.5) is 0 Å². The number of aliphatic carboxylic acids is 1. The van der Waals surface area contributed by atoms with Gasteiger partial charge in [0, 0.05) is 19.3 Å². The van der Waals surface area contributed by atoms with Crippen molar-refractivity contribution in [3.63, 3.8) is 0 Å². The second-order valence-corrected chi connectivity index (χ2v) is 19.8. The van der Waals surface area contributed by atoms with Crippen LogP contribution in [0.15, 0.2) is 24.3 Å². The number of unbranched alkanes of at least 4 members (excludes halogenated alkanes) is 32. The second-order valence-electron chi connectivity index (χ2n) is 19.8. The zero-order valence-electron chi connectivity index (χ0n) is 43.0. The van der Waals surface area contributed by atoms with Gasteiger partial charge in [-0.3, -0.25) is 9.59 Å². The largest absolute Gasteiger partial charge is 0.477 e. The number of hydrogen-bond acceptors (Lipinski definition) is 6. The minimum atomic E-state index is -0.872. The van der Waals surface area contributed by atoms with E-state index in [0.29, 0.717) is 19.3 Å². The summed E-state index contributed by atoms with van der Waals surface area (Å²) >= 11 is 0. The highest BCUT2D eigenvalue weighted by Crippen LogP contribution is 2.16. The Morgan fingerprint density at radius 2 is 0.781 bits per heavy atom. The third-order valence-electron chi connectivity index (χ3n) is 12.6. The lowest BCUT2D eigenvalue weighted by Gasteiger charge is -2.31. The molecule has 8 heteroatoms. The molecule has 64 heavy (non-hydrogen) atoms. The number of ether oxygens (including phenoxy) is 3. The summed E-state index contributed by atoms with van der Waals surface area (Å²) < 4.78 is 17.4. The Balaban J connectivity index is 4.17. The van der Waals surface area contributed by atoms with E-state index >= 15 is 0 Å². The molecule has 0 bridgehead atoms. The minimum absolute atomic E-state index is 0.0495. The smallest absolute Gasteiger partial charge is 0.362 e. The summed E-state index contributed by atoms with van der Waals surface area (Å²) in [4.78, 5) is 37.2. The molecule has 0 amide bonds. The van der Waals surface area contributed by atoms with E-state index in [1.807, 2.05) is 21.1 Å². The number of quaternary nitrogens is 1. The zero-order valence-corrected chi connectivity index (χ0v) is 43.0. The van der Waals surface area contributed by atoms with Crippen molar-refractivity contribution in [2.45, 2.75) is 276 Å². The lowest BCUT2D eigenvalue weighted by molar-refractivity contribution is -0.887. The highest BCUT2D eigenvalue weighted by atomic mass is 16.6. The van der Waals surface area contributed by atoms with Crippen LogP contribution in [0.2, 0.25) is 0 Å². The molecule has 2 unspecified atom stereocenters. The summed E-state index contributed by atoms with van der Waals surface area (Å²) in [6, 6.07) is -0.614. The molecule has 0 rings (SSSR count). The normalized spacial score (nSPS) is 13.0. The molecule has 376 valence electrons. The summed E-state index contributed by atoms with van der Waals surface area (Å²) in [6.45, 7) is 4.77. The third-order valence-corrected chi connectivity index (χ3v) is 12.6. The minimum Gasteiger partial charge on any atom is -0.477 e. The first-order valence-corrected chi connectivity index (χ1v) is 27.4. The Bertz CT molecular complexity index is 1100. The number of esters is 2. The number of rotatable bonds is 50.